The van der Waals surface area contributed by atoms with Crippen LogP contribution >= 0.6 is 0 Å². The molecule has 1 aromatic carbocycles. The van der Waals surface area contributed by atoms with Crippen molar-refractivity contribution in [3.8, 4) is 0 Å². The Balaban J connectivity index is 1.80. The van der Waals surface area contributed by atoms with Crippen molar-refractivity contribution in [3.05, 3.63) is 30.1 Å². The predicted octanol–water partition coefficient (Wildman–Crippen LogP) is 0.232. The Hall–Kier alpha value is -1.95. The lowest BCUT2D eigenvalue weighted by Crippen LogP contribution is -3.14. The molecule has 0 radical (unpaired) electrons. The first-order valence-electron chi connectivity index (χ1n) is 7.06. The summed E-state index contributed by atoms with van der Waals surface area (Å²) >= 11 is 0. The molecule has 0 aromatic heterocycles. The maximum Gasteiger partial charge on any atom is 0.309 e. The topological polar surface area (TPSA) is 59.8 Å². The van der Waals surface area contributed by atoms with E-state index >= 15 is 0 Å². The number of anilines is 1. The summed E-state index contributed by atoms with van der Waals surface area (Å²) in [6.45, 7) is 1.76. The molecule has 0 bridgehead atoms. The number of nitrogens with one attached hydrogen (secondary N) is 2. The van der Waals surface area contributed by atoms with Gasteiger partial charge in [-0.3, -0.25) is 9.59 Å². The molecule has 1 heterocycles. The van der Waals surface area contributed by atoms with Crippen molar-refractivity contribution in [1.82, 2.24) is 0 Å². The molecule has 1 amide bonds. The predicted molar refractivity (Wildman–Crippen MR) is 75.3 cm³/mol. The van der Waals surface area contributed by atoms with Gasteiger partial charge in [0.25, 0.3) is 5.91 Å². The zero-order chi connectivity index (χ0) is 15.2. The summed E-state index contributed by atoms with van der Waals surface area (Å²) in [6, 6.07) is 6.09. The fraction of sp³-hybridized carbons (Fsp3) is 0.467. The second kappa shape index (κ2) is 7.17. The number of methoxy groups -OCH3 is 1. The first-order chi connectivity index (χ1) is 10.1. The second-order valence-electron chi connectivity index (χ2n) is 5.25. The highest BCUT2D eigenvalue weighted by atomic mass is 19.1. The van der Waals surface area contributed by atoms with Crippen molar-refractivity contribution in [2.45, 2.75) is 12.8 Å². The van der Waals surface area contributed by atoms with E-state index in [-0.39, 0.29) is 30.0 Å². The van der Waals surface area contributed by atoms with Gasteiger partial charge in [0, 0.05) is 12.8 Å². The molecule has 1 aliphatic rings. The highest BCUT2D eigenvalue weighted by molar-refractivity contribution is 5.91. The average molecular weight is 295 g/mol. The highest BCUT2D eigenvalue weighted by Crippen LogP contribution is 2.12. The summed E-state index contributed by atoms with van der Waals surface area (Å²) in [4.78, 5) is 24.4. The van der Waals surface area contributed by atoms with Crippen LogP contribution in [0.2, 0.25) is 0 Å². The van der Waals surface area contributed by atoms with Gasteiger partial charge in [0.2, 0.25) is 0 Å². The minimum atomic E-state index is -0.440. The van der Waals surface area contributed by atoms with E-state index in [9.17, 15) is 14.0 Å². The number of piperidine rings is 1. The number of rotatable bonds is 4. The molecule has 1 saturated heterocycles. The standard InChI is InChI=1S/C15H19FN2O3/c1-21-15(20)11-6-8-18(9-7-11)10-14(19)17-13-5-3-2-4-12(13)16/h2-5,11H,6-10H2,1H3,(H,17,19)/p+1. The number of quaternary nitrogens is 1. The molecule has 1 aromatic rings. The summed E-state index contributed by atoms with van der Waals surface area (Å²) in [5.74, 6) is -0.893. The Morgan fingerprint density at radius 2 is 2.00 bits per heavy atom. The Bertz CT molecular complexity index is 513. The zero-order valence-electron chi connectivity index (χ0n) is 12.0. The van der Waals surface area contributed by atoms with E-state index in [0.717, 1.165) is 30.8 Å². The van der Waals surface area contributed by atoms with Gasteiger partial charge in [0.15, 0.2) is 6.54 Å². The Morgan fingerprint density at radius 3 is 2.62 bits per heavy atom. The summed E-state index contributed by atoms with van der Waals surface area (Å²) < 4.78 is 18.2. The van der Waals surface area contributed by atoms with E-state index in [0.29, 0.717) is 0 Å². The summed E-state index contributed by atoms with van der Waals surface area (Å²) in [6.07, 6.45) is 1.43. The van der Waals surface area contributed by atoms with Gasteiger partial charge in [-0.2, -0.15) is 0 Å². The van der Waals surface area contributed by atoms with Crippen LogP contribution in [0.3, 0.4) is 0 Å². The van der Waals surface area contributed by atoms with Crippen LogP contribution in [0.4, 0.5) is 10.1 Å². The van der Waals surface area contributed by atoms with Crippen molar-refractivity contribution < 1.29 is 23.6 Å². The largest absolute Gasteiger partial charge is 0.469 e. The molecule has 114 valence electrons. The van der Waals surface area contributed by atoms with E-state index in [2.05, 4.69) is 5.32 Å². The van der Waals surface area contributed by atoms with Crippen molar-refractivity contribution in [2.75, 3.05) is 32.1 Å². The summed E-state index contributed by atoms with van der Waals surface area (Å²) in [5.41, 5.74) is 0.200. The SMILES string of the molecule is COC(=O)C1CC[NH+](CC(=O)Nc2ccccc2F)CC1. The van der Waals surface area contributed by atoms with Gasteiger partial charge in [-0.25, -0.2) is 4.39 Å². The lowest BCUT2D eigenvalue weighted by atomic mass is 9.97. The van der Waals surface area contributed by atoms with Gasteiger partial charge in [-0.05, 0) is 12.1 Å². The molecule has 1 fully saturated rings. The minimum Gasteiger partial charge on any atom is -0.469 e. The van der Waals surface area contributed by atoms with Crippen molar-refractivity contribution in [1.29, 1.82) is 0 Å². The normalized spacial score (nSPS) is 21.6. The molecular weight excluding hydrogens is 275 g/mol. The molecule has 2 N–H and O–H groups in total. The molecule has 1 aliphatic heterocycles. The Kier molecular flexibility index (Phi) is 5.27. The van der Waals surface area contributed by atoms with E-state index in [1.165, 1.54) is 19.2 Å². The van der Waals surface area contributed by atoms with Crippen molar-refractivity contribution in [3.63, 3.8) is 0 Å². The van der Waals surface area contributed by atoms with E-state index in [4.69, 9.17) is 4.74 Å². The van der Waals surface area contributed by atoms with Crippen molar-refractivity contribution >= 4 is 17.6 Å². The average Bonchev–Trinajstić information content (AvgIpc) is 2.49. The molecule has 0 aliphatic carbocycles. The van der Waals surface area contributed by atoms with Gasteiger partial charge >= 0.3 is 5.97 Å². The number of esters is 1. The van der Waals surface area contributed by atoms with Crippen molar-refractivity contribution in [2.24, 2.45) is 5.92 Å². The molecule has 6 heteroatoms. The maximum atomic E-state index is 13.4. The van der Waals surface area contributed by atoms with Crippen LogP contribution in [0, 0.1) is 11.7 Å². The highest BCUT2D eigenvalue weighted by Gasteiger charge is 2.29. The number of hydrogen-bond acceptors (Lipinski definition) is 3. The quantitative estimate of drug-likeness (QED) is 0.782. The Morgan fingerprint density at radius 1 is 1.33 bits per heavy atom. The molecule has 0 atom stereocenters. The van der Waals surface area contributed by atoms with E-state index in [1.54, 1.807) is 12.1 Å². The first kappa shape index (κ1) is 15.4. The molecule has 0 saturated carbocycles. The van der Waals surface area contributed by atoms with Crippen LogP contribution in [0.15, 0.2) is 24.3 Å². The zero-order valence-corrected chi connectivity index (χ0v) is 12.0. The fourth-order valence-electron chi connectivity index (χ4n) is 2.59. The number of benzene rings is 1. The van der Waals surface area contributed by atoms with Gasteiger partial charge in [0.1, 0.15) is 5.82 Å². The van der Waals surface area contributed by atoms with Crippen LogP contribution in [-0.2, 0) is 14.3 Å². The minimum absolute atomic E-state index is 0.0617. The third kappa shape index (κ3) is 4.26. The fourth-order valence-corrected chi connectivity index (χ4v) is 2.59. The number of amides is 1. The lowest BCUT2D eigenvalue weighted by molar-refractivity contribution is -0.897. The molecule has 0 spiro atoms. The first-order valence-corrected chi connectivity index (χ1v) is 7.06. The molecular formula is C15H20FN2O3+. The third-order valence-electron chi connectivity index (χ3n) is 3.79. The Labute approximate surface area is 123 Å². The number of carbonyl (C=O) groups excluding carboxylic acids is 2. The maximum absolute atomic E-state index is 13.4. The molecule has 0 unspecified atom stereocenters. The summed E-state index contributed by atoms with van der Waals surface area (Å²) in [7, 11) is 1.39. The second-order valence-corrected chi connectivity index (χ2v) is 5.25. The molecule has 21 heavy (non-hydrogen) atoms. The van der Waals surface area contributed by atoms with Crippen LogP contribution in [0.25, 0.3) is 0 Å². The number of hydrogen-bond donors (Lipinski definition) is 2. The summed E-state index contributed by atoms with van der Waals surface area (Å²) in [5, 5.41) is 2.58. The number of ether oxygens (including phenoxy) is 1. The van der Waals surface area contributed by atoms with Gasteiger partial charge in [-0.15, -0.1) is 0 Å². The van der Waals surface area contributed by atoms with Crippen LogP contribution < -0.4 is 10.2 Å². The van der Waals surface area contributed by atoms with Crippen LogP contribution in [0.5, 0.6) is 0 Å². The van der Waals surface area contributed by atoms with Crippen LogP contribution in [-0.4, -0.2) is 38.6 Å². The number of carbonyl (C=O) groups is 2. The van der Waals surface area contributed by atoms with E-state index in [1.807, 2.05) is 0 Å². The van der Waals surface area contributed by atoms with Crippen LogP contribution in [0.1, 0.15) is 12.8 Å². The van der Waals surface area contributed by atoms with Gasteiger partial charge in [-0.1, -0.05) is 12.1 Å². The molecule has 2 rings (SSSR count). The number of halogens is 1. The monoisotopic (exact) mass is 295 g/mol. The van der Waals surface area contributed by atoms with Gasteiger partial charge < -0.3 is 15.0 Å². The number of para-hydroxylation sites is 1. The molecule has 5 nitrogen and oxygen atoms in total. The number of likely N-dealkylation sites (tertiary alicyclic amines) is 1. The van der Waals surface area contributed by atoms with E-state index < -0.39 is 5.82 Å². The smallest absolute Gasteiger partial charge is 0.309 e. The van der Waals surface area contributed by atoms with Gasteiger partial charge in [0.05, 0.1) is 31.8 Å². The third-order valence-corrected chi connectivity index (χ3v) is 3.79. The lowest BCUT2D eigenvalue weighted by Gasteiger charge is -2.27.